The molecule has 0 bridgehead atoms. The summed E-state index contributed by atoms with van der Waals surface area (Å²) in [6.45, 7) is 5.71. The molecule has 0 N–H and O–H groups in total. The summed E-state index contributed by atoms with van der Waals surface area (Å²) in [7, 11) is 0. The van der Waals surface area contributed by atoms with Crippen LogP contribution in [0.1, 0.15) is 39.2 Å². The smallest absolute Gasteiger partial charge is 0.133 e. The van der Waals surface area contributed by atoms with E-state index in [1.807, 2.05) is 31.2 Å². The fourth-order valence-electron chi connectivity index (χ4n) is 2.53. The minimum Gasteiger partial charge on any atom is -0.486 e. The van der Waals surface area contributed by atoms with Crippen molar-refractivity contribution >= 4 is 11.9 Å². The standard InChI is InChI=1S/C15H18O2/c1-11-8-13-6-4-5-7-14(13)17-15(3,9-11)10-12(2)16/h4-8H,9-10H2,1-3H3. The lowest BCUT2D eigenvalue weighted by Crippen LogP contribution is -2.34. The molecule has 1 aromatic rings. The van der Waals surface area contributed by atoms with E-state index in [4.69, 9.17) is 4.74 Å². The highest BCUT2D eigenvalue weighted by atomic mass is 16.5. The van der Waals surface area contributed by atoms with Crippen LogP contribution < -0.4 is 4.74 Å². The number of Topliss-reactive ketones (excluding diaryl/α,β-unsaturated/α-hetero) is 1. The predicted octanol–water partition coefficient (Wildman–Crippen LogP) is 3.61. The van der Waals surface area contributed by atoms with E-state index in [-0.39, 0.29) is 5.78 Å². The first-order valence-corrected chi connectivity index (χ1v) is 5.93. The average molecular weight is 230 g/mol. The molecule has 0 radical (unpaired) electrons. The van der Waals surface area contributed by atoms with Gasteiger partial charge in [-0.3, -0.25) is 4.79 Å². The molecule has 2 rings (SSSR count). The van der Waals surface area contributed by atoms with Gasteiger partial charge in [-0.2, -0.15) is 0 Å². The third-order valence-corrected chi connectivity index (χ3v) is 2.95. The van der Waals surface area contributed by atoms with E-state index < -0.39 is 5.60 Å². The predicted molar refractivity (Wildman–Crippen MR) is 69.0 cm³/mol. The molecule has 1 aliphatic heterocycles. The first-order chi connectivity index (χ1) is 7.98. The monoisotopic (exact) mass is 230 g/mol. The SMILES string of the molecule is CC(=O)CC1(C)CC(C)=Cc2ccccc2O1. The molecule has 1 unspecified atom stereocenters. The largest absolute Gasteiger partial charge is 0.486 e. The van der Waals surface area contributed by atoms with Crippen LogP contribution in [0.4, 0.5) is 0 Å². The molecule has 0 amide bonds. The second kappa shape index (κ2) is 4.36. The van der Waals surface area contributed by atoms with Crippen molar-refractivity contribution in [2.75, 3.05) is 0 Å². The molecule has 0 aromatic heterocycles. The van der Waals surface area contributed by atoms with E-state index in [1.165, 1.54) is 5.57 Å². The van der Waals surface area contributed by atoms with Gasteiger partial charge >= 0.3 is 0 Å². The molecular formula is C15H18O2. The summed E-state index contributed by atoms with van der Waals surface area (Å²) in [6.07, 6.45) is 3.38. The molecular weight excluding hydrogens is 212 g/mol. The molecule has 0 fully saturated rings. The Labute approximate surface area is 102 Å². The molecule has 1 heterocycles. The van der Waals surface area contributed by atoms with Crippen molar-refractivity contribution in [1.82, 2.24) is 0 Å². The van der Waals surface area contributed by atoms with Crippen molar-refractivity contribution in [3.05, 3.63) is 35.4 Å². The van der Waals surface area contributed by atoms with Crippen molar-refractivity contribution in [1.29, 1.82) is 0 Å². The van der Waals surface area contributed by atoms with Crippen LogP contribution in [0, 0.1) is 0 Å². The maximum absolute atomic E-state index is 11.3. The maximum atomic E-state index is 11.3. The lowest BCUT2D eigenvalue weighted by Gasteiger charge is -2.29. The van der Waals surface area contributed by atoms with Crippen LogP contribution in [0.15, 0.2) is 29.8 Å². The zero-order valence-electron chi connectivity index (χ0n) is 10.6. The number of ether oxygens (including phenoxy) is 1. The van der Waals surface area contributed by atoms with Gasteiger partial charge < -0.3 is 4.74 Å². The van der Waals surface area contributed by atoms with Crippen LogP contribution >= 0.6 is 0 Å². The third-order valence-electron chi connectivity index (χ3n) is 2.95. The molecule has 1 atom stereocenters. The minimum atomic E-state index is -0.418. The Hall–Kier alpha value is -1.57. The quantitative estimate of drug-likeness (QED) is 0.775. The zero-order chi connectivity index (χ0) is 12.5. The summed E-state index contributed by atoms with van der Waals surface area (Å²) in [6, 6.07) is 7.96. The highest BCUT2D eigenvalue weighted by Gasteiger charge is 2.31. The van der Waals surface area contributed by atoms with Crippen LogP contribution in [0.25, 0.3) is 6.08 Å². The van der Waals surface area contributed by atoms with E-state index in [2.05, 4.69) is 13.0 Å². The average Bonchev–Trinajstić information content (AvgIpc) is 2.30. The number of para-hydroxylation sites is 1. The van der Waals surface area contributed by atoms with E-state index in [0.29, 0.717) is 6.42 Å². The molecule has 1 aromatic carbocycles. The number of hydrogen-bond acceptors (Lipinski definition) is 2. The van der Waals surface area contributed by atoms with Crippen LogP contribution in [-0.2, 0) is 4.79 Å². The number of ketones is 1. The Morgan fingerprint density at radius 2 is 2.12 bits per heavy atom. The number of hydrogen-bond donors (Lipinski definition) is 0. The summed E-state index contributed by atoms with van der Waals surface area (Å²) in [4.78, 5) is 11.3. The van der Waals surface area contributed by atoms with Gasteiger partial charge in [0.2, 0.25) is 0 Å². The lowest BCUT2D eigenvalue weighted by atomic mass is 9.92. The van der Waals surface area contributed by atoms with Gasteiger partial charge in [0.25, 0.3) is 0 Å². The van der Waals surface area contributed by atoms with E-state index in [1.54, 1.807) is 6.92 Å². The molecule has 0 spiro atoms. The summed E-state index contributed by atoms with van der Waals surface area (Å²) in [5, 5.41) is 0. The molecule has 17 heavy (non-hydrogen) atoms. The van der Waals surface area contributed by atoms with Crippen molar-refractivity contribution < 1.29 is 9.53 Å². The van der Waals surface area contributed by atoms with Gasteiger partial charge in [0.15, 0.2) is 0 Å². The molecule has 2 heteroatoms. The highest BCUT2D eigenvalue weighted by Crippen LogP contribution is 2.35. The Morgan fingerprint density at radius 1 is 1.41 bits per heavy atom. The summed E-state index contributed by atoms with van der Waals surface area (Å²) >= 11 is 0. The van der Waals surface area contributed by atoms with E-state index in [9.17, 15) is 4.79 Å². The molecule has 90 valence electrons. The molecule has 0 aliphatic carbocycles. The van der Waals surface area contributed by atoms with Crippen LogP contribution in [0.5, 0.6) is 5.75 Å². The number of benzene rings is 1. The van der Waals surface area contributed by atoms with Crippen molar-refractivity contribution in [3.63, 3.8) is 0 Å². The van der Waals surface area contributed by atoms with Crippen LogP contribution in [-0.4, -0.2) is 11.4 Å². The van der Waals surface area contributed by atoms with Crippen molar-refractivity contribution in [3.8, 4) is 5.75 Å². The number of rotatable bonds is 2. The van der Waals surface area contributed by atoms with Crippen molar-refractivity contribution in [2.24, 2.45) is 0 Å². The Balaban J connectivity index is 2.38. The van der Waals surface area contributed by atoms with Crippen LogP contribution in [0.3, 0.4) is 0 Å². The minimum absolute atomic E-state index is 0.166. The maximum Gasteiger partial charge on any atom is 0.133 e. The lowest BCUT2D eigenvalue weighted by molar-refractivity contribution is -0.120. The molecule has 0 saturated carbocycles. The van der Waals surface area contributed by atoms with E-state index >= 15 is 0 Å². The molecule has 2 nitrogen and oxygen atoms in total. The van der Waals surface area contributed by atoms with Crippen molar-refractivity contribution in [2.45, 2.75) is 39.2 Å². The van der Waals surface area contributed by atoms with Gasteiger partial charge in [-0.25, -0.2) is 0 Å². The summed E-state index contributed by atoms with van der Waals surface area (Å²) in [5.74, 6) is 1.03. The first-order valence-electron chi connectivity index (χ1n) is 5.93. The van der Waals surface area contributed by atoms with Crippen LogP contribution in [0.2, 0.25) is 0 Å². The van der Waals surface area contributed by atoms with E-state index in [0.717, 1.165) is 17.7 Å². The second-order valence-corrected chi connectivity index (χ2v) is 5.14. The molecule has 0 saturated heterocycles. The van der Waals surface area contributed by atoms with Gasteiger partial charge in [0.05, 0.1) is 0 Å². The number of carbonyl (C=O) groups is 1. The normalized spacial score (nSPS) is 23.1. The first kappa shape index (κ1) is 11.9. The third kappa shape index (κ3) is 2.76. The van der Waals surface area contributed by atoms with Gasteiger partial charge in [-0.1, -0.05) is 29.8 Å². The van der Waals surface area contributed by atoms with Gasteiger partial charge in [-0.15, -0.1) is 0 Å². The summed E-state index contributed by atoms with van der Waals surface area (Å²) in [5.41, 5.74) is 1.93. The molecule has 1 aliphatic rings. The fourth-order valence-corrected chi connectivity index (χ4v) is 2.53. The Kier molecular flexibility index (Phi) is 3.05. The summed E-state index contributed by atoms with van der Waals surface area (Å²) < 4.78 is 6.05. The fraction of sp³-hybridized carbons (Fsp3) is 0.400. The highest BCUT2D eigenvalue weighted by molar-refractivity contribution is 5.77. The van der Waals surface area contributed by atoms with Gasteiger partial charge in [-0.05, 0) is 26.8 Å². The Morgan fingerprint density at radius 3 is 2.82 bits per heavy atom. The van der Waals surface area contributed by atoms with Gasteiger partial charge in [0.1, 0.15) is 17.1 Å². The van der Waals surface area contributed by atoms with Gasteiger partial charge in [0, 0.05) is 18.4 Å². The second-order valence-electron chi connectivity index (χ2n) is 5.14. The number of carbonyl (C=O) groups excluding carboxylic acids is 1. The number of fused-ring (bicyclic) bond motifs is 1. The Bertz CT molecular complexity index is 474. The zero-order valence-corrected chi connectivity index (χ0v) is 10.6. The topological polar surface area (TPSA) is 26.3 Å².